The van der Waals surface area contributed by atoms with Crippen LogP contribution in [0.3, 0.4) is 0 Å². The molecule has 0 saturated carbocycles. The Hall–Kier alpha value is -2.02. The minimum atomic E-state index is -2.52. The number of hydrogen-bond acceptors (Lipinski definition) is 3. The molecule has 0 spiro atoms. The van der Waals surface area contributed by atoms with Gasteiger partial charge in [-0.1, -0.05) is 18.2 Å². The van der Waals surface area contributed by atoms with Gasteiger partial charge < -0.3 is 5.32 Å². The van der Waals surface area contributed by atoms with Crippen LogP contribution in [0.4, 0.5) is 20.2 Å². The van der Waals surface area contributed by atoms with E-state index >= 15 is 0 Å². The van der Waals surface area contributed by atoms with Crippen molar-refractivity contribution in [2.45, 2.75) is 13.0 Å². The average Bonchev–Trinajstić information content (AvgIpc) is 2.46. The van der Waals surface area contributed by atoms with Crippen LogP contribution in [0.15, 0.2) is 46.9 Å². The normalized spacial score (nSPS) is 10.7. The summed E-state index contributed by atoms with van der Waals surface area (Å²) in [5.41, 5.74) is 1.13. The molecule has 0 saturated heterocycles. The van der Waals surface area contributed by atoms with Crippen molar-refractivity contribution in [2.75, 3.05) is 5.32 Å². The Morgan fingerprint density at radius 3 is 2.67 bits per heavy atom. The van der Waals surface area contributed by atoms with E-state index in [-0.39, 0.29) is 11.3 Å². The lowest BCUT2D eigenvalue weighted by molar-refractivity contribution is -0.385. The van der Waals surface area contributed by atoms with E-state index in [9.17, 15) is 18.9 Å². The van der Waals surface area contributed by atoms with Gasteiger partial charge in [-0.15, -0.1) is 0 Å². The minimum absolute atomic E-state index is 0.0453. The molecule has 0 unspecified atom stereocenters. The van der Waals surface area contributed by atoms with Crippen LogP contribution in [0.25, 0.3) is 0 Å². The third-order valence-electron chi connectivity index (χ3n) is 2.84. The van der Waals surface area contributed by atoms with Gasteiger partial charge in [0.1, 0.15) is 0 Å². The van der Waals surface area contributed by atoms with Crippen LogP contribution >= 0.6 is 15.9 Å². The molecule has 7 heteroatoms. The van der Waals surface area contributed by atoms with E-state index in [0.717, 1.165) is 0 Å². The van der Waals surface area contributed by atoms with Crippen molar-refractivity contribution in [2.24, 2.45) is 0 Å². The smallest absolute Gasteiger partial charge is 0.285 e. The maximum Gasteiger partial charge on any atom is 0.285 e. The Labute approximate surface area is 128 Å². The van der Waals surface area contributed by atoms with Crippen molar-refractivity contribution < 1.29 is 13.7 Å². The first-order chi connectivity index (χ1) is 9.97. The predicted octanol–water partition coefficient (Wildman–Crippen LogP) is 4.91. The first kappa shape index (κ1) is 15.4. The number of nitro groups is 1. The van der Waals surface area contributed by atoms with Crippen LogP contribution in [0, 0.1) is 10.1 Å². The quantitative estimate of drug-likeness (QED) is 0.611. The molecule has 0 aliphatic heterocycles. The van der Waals surface area contributed by atoms with Gasteiger partial charge in [0.2, 0.25) is 0 Å². The highest BCUT2D eigenvalue weighted by Gasteiger charge is 2.12. The summed E-state index contributed by atoms with van der Waals surface area (Å²) in [7, 11) is 0. The molecule has 0 aliphatic rings. The maximum atomic E-state index is 12.6. The van der Waals surface area contributed by atoms with Gasteiger partial charge in [-0.3, -0.25) is 10.1 Å². The number of hydrogen-bond donors (Lipinski definition) is 1. The number of nitrogens with one attached hydrogen (secondary N) is 1. The summed E-state index contributed by atoms with van der Waals surface area (Å²) in [6.45, 7) is 0.305. The molecule has 110 valence electrons. The summed E-state index contributed by atoms with van der Waals surface area (Å²) in [6, 6.07) is 10.7. The number of anilines is 1. The van der Waals surface area contributed by atoms with Gasteiger partial charge in [-0.25, -0.2) is 8.78 Å². The van der Waals surface area contributed by atoms with Gasteiger partial charge in [-0.05, 0) is 39.7 Å². The van der Waals surface area contributed by atoms with Crippen molar-refractivity contribution in [1.82, 2.24) is 0 Å². The molecule has 0 atom stereocenters. The standard InChI is InChI=1S/C14H11BrF2N2O2/c15-12-5-4-11(7-13(12)19(20)21)18-8-9-2-1-3-10(6-9)14(16)17/h1-7,14,18H,8H2. The molecular weight excluding hydrogens is 346 g/mol. The zero-order valence-corrected chi connectivity index (χ0v) is 12.3. The molecule has 0 fully saturated rings. The van der Waals surface area contributed by atoms with Crippen LogP contribution in [0.5, 0.6) is 0 Å². The van der Waals surface area contributed by atoms with Crippen molar-refractivity contribution >= 4 is 27.3 Å². The van der Waals surface area contributed by atoms with E-state index < -0.39 is 11.3 Å². The summed E-state index contributed by atoms with van der Waals surface area (Å²) < 4.78 is 25.6. The molecule has 0 bridgehead atoms. The van der Waals surface area contributed by atoms with Crippen LogP contribution < -0.4 is 5.32 Å². The molecule has 4 nitrogen and oxygen atoms in total. The van der Waals surface area contributed by atoms with Gasteiger partial charge in [0.25, 0.3) is 12.1 Å². The fourth-order valence-corrected chi connectivity index (χ4v) is 2.20. The fourth-order valence-electron chi connectivity index (χ4n) is 1.81. The average molecular weight is 357 g/mol. The Morgan fingerprint density at radius 2 is 2.00 bits per heavy atom. The van der Waals surface area contributed by atoms with Crippen LogP contribution in [0.1, 0.15) is 17.6 Å². The van der Waals surface area contributed by atoms with Crippen LogP contribution in [0.2, 0.25) is 0 Å². The lowest BCUT2D eigenvalue weighted by Crippen LogP contribution is -2.01. The minimum Gasteiger partial charge on any atom is -0.381 e. The summed E-state index contributed by atoms with van der Waals surface area (Å²) in [4.78, 5) is 10.3. The molecule has 2 aromatic rings. The highest BCUT2D eigenvalue weighted by molar-refractivity contribution is 9.10. The van der Waals surface area contributed by atoms with Gasteiger partial charge in [-0.2, -0.15) is 0 Å². The van der Waals surface area contributed by atoms with Crippen molar-refractivity contribution in [3.63, 3.8) is 0 Å². The molecular formula is C14H11BrF2N2O2. The van der Waals surface area contributed by atoms with E-state index in [1.54, 1.807) is 24.3 Å². The molecule has 0 radical (unpaired) electrons. The molecule has 0 aliphatic carbocycles. The van der Waals surface area contributed by atoms with Gasteiger partial charge in [0.15, 0.2) is 0 Å². The van der Waals surface area contributed by atoms with Crippen molar-refractivity contribution in [3.05, 3.63) is 68.2 Å². The second-order valence-corrected chi connectivity index (χ2v) is 5.18. The number of rotatable bonds is 5. The summed E-state index contributed by atoms with van der Waals surface area (Å²) in [5.74, 6) is 0. The number of nitro benzene ring substituents is 1. The molecule has 1 N–H and O–H groups in total. The van der Waals surface area contributed by atoms with Crippen molar-refractivity contribution in [3.8, 4) is 0 Å². The molecule has 0 heterocycles. The fraction of sp³-hybridized carbons (Fsp3) is 0.143. The van der Waals surface area contributed by atoms with Gasteiger partial charge >= 0.3 is 0 Å². The van der Waals surface area contributed by atoms with Gasteiger partial charge in [0, 0.05) is 23.9 Å². The molecule has 21 heavy (non-hydrogen) atoms. The predicted molar refractivity (Wildman–Crippen MR) is 79.5 cm³/mol. The first-order valence-corrected chi connectivity index (χ1v) is 6.81. The SMILES string of the molecule is O=[N+]([O-])c1cc(NCc2cccc(C(F)F)c2)ccc1Br. The van der Waals surface area contributed by atoms with E-state index in [1.807, 2.05) is 0 Å². The number of halogens is 3. The topological polar surface area (TPSA) is 55.2 Å². The Morgan fingerprint density at radius 1 is 1.24 bits per heavy atom. The number of alkyl halides is 2. The summed E-state index contributed by atoms with van der Waals surface area (Å²) in [6.07, 6.45) is -2.52. The summed E-state index contributed by atoms with van der Waals surface area (Å²) >= 11 is 3.10. The molecule has 0 amide bonds. The van der Waals surface area contributed by atoms with E-state index in [1.165, 1.54) is 18.2 Å². The monoisotopic (exact) mass is 356 g/mol. The lowest BCUT2D eigenvalue weighted by Gasteiger charge is -2.08. The van der Waals surface area contributed by atoms with Crippen LogP contribution in [-0.4, -0.2) is 4.92 Å². The Kier molecular flexibility index (Phi) is 4.85. The lowest BCUT2D eigenvalue weighted by atomic mass is 10.1. The van der Waals surface area contributed by atoms with E-state index in [2.05, 4.69) is 21.2 Å². The third kappa shape index (κ3) is 3.98. The number of benzene rings is 2. The number of nitrogens with zero attached hydrogens (tertiary/aromatic N) is 1. The third-order valence-corrected chi connectivity index (χ3v) is 3.51. The molecule has 2 rings (SSSR count). The molecule has 0 aromatic heterocycles. The first-order valence-electron chi connectivity index (χ1n) is 6.02. The van der Waals surface area contributed by atoms with E-state index in [0.29, 0.717) is 22.3 Å². The molecule has 2 aromatic carbocycles. The largest absolute Gasteiger partial charge is 0.381 e. The highest BCUT2D eigenvalue weighted by atomic mass is 79.9. The van der Waals surface area contributed by atoms with Crippen LogP contribution in [-0.2, 0) is 6.54 Å². The Balaban J connectivity index is 2.11. The summed E-state index contributed by atoms with van der Waals surface area (Å²) in [5, 5.41) is 13.8. The van der Waals surface area contributed by atoms with E-state index in [4.69, 9.17) is 0 Å². The van der Waals surface area contributed by atoms with Gasteiger partial charge in [0.05, 0.1) is 9.40 Å². The van der Waals surface area contributed by atoms with Crippen molar-refractivity contribution in [1.29, 1.82) is 0 Å². The highest BCUT2D eigenvalue weighted by Crippen LogP contribution is 2.28. The second-order valence-electron chi connectivity index (χ2n) is 4.32. The zero-order valence-electron chi connectivity index (χ0n) is 10.7. The zero-order chi connectivity index (χ0) is 15.4. The maximum absolute atomic E-state index is 12.6. The second kappa shape index (κ2) is 6.62. The Bertz CT molecular complexity index is 665.